The van der Waals surface area contributed by atoms with Crippen LogP contribution >= 0.6 is 0 Å². The quantitative estimate of drug-likeness (QED) is 0.935. The van der Waals surface area contributed by atoms with E-state index in [0.29, 0.717) is 17.4 Å². The maximum atomic E-state index is 12.5. The van der Waals surface area contributed by atoms with Crippen LogP contribution in [0.2, 0.25) is 0 Å². The smallest absolute Gasteiger partial charge is 0.274 e. The topological polar surface area (TPSA) is 58.1 Å². The fourth-order valence-corrected chi connectivity index (χ4v) is 3.05. The van der Waals surface area contributed by atoms with Gasteiger partial charge in [-0.05, 0) is 49.8 Å². The van der Waals surface area contributed by atoms with Gasteiger partial charge < -0.3 is 10.2 Å². The molecule has 0 bridgehead atoms. The molecule has 1 aromatic carbocycles. The Hall–Kier alpha value is -2.43. The van der Waals surface area contributed by atoms with Crippen molar-refractivity contribution < 1.29 is 4.79 Å². The molecule has 1 amide bonds. The Balaban J connectivity index is 1.71. The van der Waals surface area contributed by atoms with Gasteiger partial charge >= 0.3 is 0 Å². The minimum atomic E-state index is -0.0210. The molecule has 1 aliphatic heterocycles. The summed E-state index contributed by atoms with van der Waals surface area (Å²) in [4.78, 5) is 23.1. The third kappa shape index (κ3) is 3.72. The van der Waals surface area contributed by atoms with Crippen molar-refractivity contribution in [2.45, 2.75) is 33.6 Å². The van der Waals surface area contributed by atoms with Gasteiger partial charge in [0, 0.05) is 18.8 Å². The van der Waals surface area contributed by atoms with Crippen molar-refractivity contribution in [2.24, 2.45) is 5.92 Å². The Kier molecular flexibility index (Phi) is 4.79. The summed E-state index contributed by atoms with van der Waals surface area (Å²) in [6.45, 7) is 7.90. The number of likely N-dealkylation sites (tertiary alicyclic amines) is 1. The standard InChI is InChI=1S/C19H24N4O/c1-13-6-7-15(3)16(9-13)22-18-11-20-17(10-21-18)19(24)23-8-4-5-14(2)12-23/h6-7,9-11,14H,4-5,8,12H2,1-3H3,(H,21,22). The molecule has 1 aromatic heterocycles. The molecule has 5 nitrogen and oxygen atoms in total. The average molecular weight is 324 g/mol. The van der Waals surface area contributed by atoms with Gasteiger partial charge in [-0.25, -0.2) is 9.97 Å². The molecule has 3 rings (SSSR count). The number of anilines is 2. The van der Waals surface area contributed by atoms with Crippen LogP contribution in [0.25, 0.3) is 0 Å². The molecular formula is C19H24N4O. The first-order valence-electron chi connectivity index (χ1n) is 8.48. The van der Waals surface area contributed by atoms with E-state index in [1.165, 1.54) is 12.0 Å². The maximum Gasteiger partial charge on any atom is 0.274 e. The van der Waals surface area contributed by atoms with Gasteiger partial charge in [-0.3, -0.25) is 4.79 Å². The fraction of sp³-hybridized carbons (Fsp3) is 0.421. The van der Waals surface area contributed by atoms with Crippen LogP contribution in [-0.4, -0.2) is 33.9 Å². The Morgan fingerprint density at radius 2 is 2.08 bits per heavy atom. The van der Waals surface area contributed by atoms with E-state index in [9.17, 15) is 4.79 Å². The lowest BCUT2D eigenvalue weighted by Crippen LogP contribution is -2.39. The first-order chi connectivity index (χ1) is 11.5. The summed E-state index contributed by atoms with van der Waals surface area (Å²) in [6, 6.07) is 6.22. The van der Waals surface area contributed by atoms with Crippen molar-refractivity contribution in [3.8, 4) is 0 Å². The summed E-state index contributed by atoms with van der Waals surface area (Å²) in [5.74, 6) is 1.18. The first-order valence-corrected chi connectivity index (χ1v) is 8.48. The van der Waals surface area contributed by atoms with Crippen LogP contribution in [0.4, 0.5) is 11.5 Å². The van der Waals surface area contributed by atoms with Gasteiger partial charge in [-0.1, -0.05) is 19.1 Å². The third-order valence-corrected chi connectivity index (χ3v) is 4.47. The molecule has 2 heterocycles. The zero-order valence-electron chi connectivity index (χ0n) is 14.5. The van der Waals surface area contributed by atoms with Crippen LogP contribution in [0.5, 0.6) is 0 Å². The van der Waals surface area contributed by atoms with Gasteiger partial charge in [0.05, 0.1) is 12.4 Å². The molecule has 1 atom stereocenters. The number of carbonyl (C=O) groups is 1. The van der Waals surface area contributed by atoms with Crippen molar-refractivity contribution in [3.05, 3.63) is 47.4 Å². The van der Waals surface area contributed by atoms with Gasteiger partial charge in [0.25, 0.3) is 5.91 Å². The number of amides is 1. The Bertz CT molecular complexity index is 727. The van der Waals surface area contributed by atoms with Gasteiger partial charge in [-0.15, -0.1) is 0 Å². The third-order valence-electron chi connectivity index (χ3n) is 4.47. The SMILES string of the molecule is Cc1ccc(C)c(Nc2cnc(C(=O)N3CCCC(C)C3)cn2)c1. The summed E-state index contributed by atoms with van der Waals surface area (Å²) in [6.07, 6.45) is 5.44. The molecule has 1 N–H and O–H groups in total. The van der Waals surface area contributed by atoms with Crippen LogP contribution in [0.3, 0.4) is 0 Å². The minimum Gasteiger partial charge on any atom is -0.339 e. The van der Waals surface area contributed by atoms with E-state index in [-0.39, 0.29) is 5.91 Å². The van der Waals surface area contributed by atoms with Crippen LogP contribution < -0.4 is 5.32 Å². The van der Waals surface area contributed by atoms with Gasteiger partial charge in [0.1, 0.15) is 11.5 Å². The zero-order valence-corrected chi connectivity index (χ0v) is 14.5. The van der Waals surface area contributed by atoms with Crippen LogP contribution in [0.1, 0.15) is 41.4 Å². The van der Waals surface area contributed by atoms with E-state index in [4.69, 9.17) is 0 Å². The van der Waals surface area contributed by atoms with Gasteiger partial charge in [0.15, 0.2) is 0 Å². The minimum absolute atomic E-state index is 0.0210. The number of hydrogen-bond donors (Lipinski definition) is 1. The van der Waals surface area contributed by atoms with E-state index < -0.39 is 0 Å². The number of aromatic nitrogens is 2. The molecule has 0 saturated carbocycles. The number of benzene rings is 1. The van der Waals surface area contributed by atoms with Gasteiger partial charge in [-0.2, -0.15) is 0 Å². The van der Waals surface area contributed by atoms with Gasteiger partial charge in [0.2, 0.25) is 0 Å². The summed E-state index contributed by atoms with van der Waals surface area (Å²) in [7, 11) is 0. The molecule has 0 aliphatic carbocycles. The predicted molar refractivity (Wildman–Crippen MR) is 95.5 cm³/mol. The Labute approximate surface area is 143 Å². The molecule has 24 heavy (non-hydrogen) atoms. The number of carbonyl (C=O) groups excluding carboxylic acids is 1. The molecule has 0 spiro atoms. The second-order valence-electron chi connectivity index (χ2n) is 6.73. The van der Waals surface area contributed by atoms with E-state index in [0.717, 1.165) is 30.8 Å². The molecule has 1 saturated heterocycles. The zero-order chi connectivity index (χ0) is 17.1. The highest BCUT2D eigenvalue weighted by molar-refractivity contribution is 5.92. The number of nitrogens with zero attached hydrogens (tertiary/aromatic N) is 3. The van der Waals surface area contributed by atoms with Crippen molar-refractivity contribution >= 4 is 17.4 Å². The summed E-state index contributed by atoms with van der Waals surface area (Å²) in [5, 5.41) is 3.27. The largest absolute Gasteiger partial charge is 0.339 e. The van der Waals surface area contributed by atoms with Crippen LogP contribution in [0.15, 0.2) is 30.6 Å². The number of rotatable bonds is 3. The Morgan fingerprint density at radius 1 is 1.25 bits per heavy atom. The van der Waals surface area contributed by atoms with Crippen molar-refractivity contribution in [2.75, 3.05) is 18.4 Å². The lowest BCUT2D eigenvalue weighted by molar-refractivity contribution is 0.0676. The molecule has 1 unspecified atom stereocenters. The van der Waals surface area contributed by atoms with E-state index in [1.807, 2.05) is 11.8 Å². The average Bonchev–Trinajstić information content (AvgIpc) is 2.58. The summed E-state index contributed by atoms with van der Waals surface area (Å²) < 4.78 is 0. The Morgan fingerprint density at radius 3 is 2.79 bits per heavy atom. The van der Waals surface area contributed by atoms with Crippen LogP contribution in [-0.2, 0) is 0 Å². The van der Waals surface area contributed by atoms with Crippen molar-refractivity contribution in [1.82, 2.24) is 14.9 Å². The highest BCUT2D eigenvalue weighted by Crippen LogP contribution is 2.21. The molecular weight excluding hydrogens is 300 g/mol. The molecule has 2 aromatic rings. The predicted octanol–water partition coefficient (Wildman–Crippen LogP) is 3.71. The lowest BCUT2D eigenvalue weighted by atomic mass is 10.0. The van der Waals surface area contributed by atoms with E-state index in [1.54, 1.807) is 12.4 Å². The van der Waals surface area contributed by atoms with Crippen molar-refractivity contribution in [1.29, 1.82) is 0 Å². The maximum absolute atomic E-state index is 12.5. The molecule has 0 radical (unpaired) electrons. The highest BCUT2D eigenvalue weighted by Gasteiger charge is 2.23. The second kappa shape index (κ2) is 6.99. The molecule has 5 heteroatoms. The van der Waals surface area contributed by atoms with Crippen molar-refractivity contribution in [3.63, 3.8) is 0 Å². The summed E-state index contributed by atoms with van der Waals surface area (Å²) >= 11 is 0. The van der Waals surface area contributed by atoms with E-state index in [2.05, 4.69) is 47.3 Å². The lowest BCUT2D eigenvalue weighted by Gasteiger charge is -2.30. The number of hydrogen-bond acceptors (Lipinski definition) is 4. The molecule has 126 valence electrons. The number of aryl methyl sites for hydroxylation is 2. The molecule has 1 aliphatic rings. The van der Waals surface area contributed by atoms with Crippen LogP contribution in [0, 0.1) is 19.8 Å². The second-order valence-corrected chi connectivity index (χ2v) is 6.73. The normalized spacial score (nSPS) is 17.6. The first kappa shape index (κ1) is 16.4. The summed E-state index contributed by atoms with van der Waals surface area (Å²) in [5.41, 5.74) is 3.75. The number of piperidine rings is 1. The molecule has 1 fully saturated rings. The fourth-order valence-electron chi connectivity index (χ4n) is 3.05. The highest BCUT2D eigenvalue weighted by atomic mass is 16.2. The number of nitrogens with one attached hydrogen (secondary N) is 1. The monoisotopic (exact) mass is 324 g/mol. The van der Waals surface area contributed by atoms with E-state index >= 15 is 0 Å².